The standard InChI is InChI=1S/C40H64N4O6S/c1-24(2)16-31(21-42(9)10)43(22-35-32(39(48)49)14-15-51-35)19-29-12-11-13-30(18-29)20-44-37(36(28(6)46)34(23-45)50-44)38(47)41-33-17-25(3)40(7,8)27(5)26(33)4/h11-15,18,24-28,31,33-34,36-37,45-46H,16-17,19-23H2,1-10H3,(H,41,47)(H,48,49)/t25-,26+,27+,28+,31+,33+,34+,36-,37+/m1/s1. The van der Waals surface area contributed by atoms with E-state index in [0.29, 0.717) is 43.0 Å². The van der Waals surface area contributed by atoms with Crippen molar-refractivity contribution in [1.82, 2.24) is 20.2 Å². The number of carbonyl (C=O) groups excluding carboxylic acids is 1. The molecule has 1 saturated carbocycles. The Bertz CT molecular complexity index is 1440. The minimum atomic E-state index is -0.909. The topological polar surface area (TPSA) is 126 Å². The number of carboxylic acid groups (broad SMARTS) is 1. The molecule has 4 N–H and O–H groups in total. The minimum absolute atomic E-state index is 0.000417. The van der Waals surface area contributed by atoms with Crippen LogP contribution in [0.3, 0.4) is 0 Å². The summed E-state index contributed by atoms with van der Waals surface area (Å²) in [4.78, 5) is 37.9. The number of rotatable bonds is 16. The van der Waals surface area contributed by atoms with E-state index < -0.39 is 30.1 Å². The Labute approximate surface area is 310 Å². The minimum Gasteiger partial charge on any atom is -0.478 e. The Kier molecular flexibility index (Phi) is 14.3. The summed E-state index contributed by atoms with van der Waals surface area (Å²) in [5, 5.41) is 37.9. The van der Waals surface area contributed by atoms with Crippen molar-refractivity contribution in [2.75, 3.05) is 27.2 Å². The summed E-state index contributed by atoms with van der Waals surface area (Å²) in [6.45, 7) is 19.4. The number of hydrogen-bond acceptors (Lipinski definition) is 9. The fourth-order valence-corrected chi connectivity index (χ4v) is 9.30. The first-order chi connectivity index (χ1) is 23.9. The number of amides is 1. The van der Waals surface area contributed by atoms with Gasteiger partial charge in [-0.1, -0.05) is 72.7 Å². The summed E-state index contributed by atoms with van der Waals surface area (Å²) < 4.78 is 0. The maximum Gasteiger partial charge on any atom is 0.336 e. The van der Waals surface area contributed by atoms with Crippen molar-refractivity contribution in [1.29, 1.82) is 0 Å². The summed E-state index contributed by atoms with van der Waals surface area (Å²) in [5.41, 5.74) is 2.53. The molecule has 2 heterocycles. The van der Waals surface area contributed by atoms with Crippen LogP contribution in [-0.2, 0) is 29.3 Å². The molecule has 0 bridgehead atoms. The molecule has 11 heteroatoms. The predicted octanol–water partition coefficient (Wildman–Crippen LogP) is 5.72. The van der Waals surface area contributed by atoms with Crippen LogP contribution in [0.15, 0.2) is 35.7 Å². The van der Waals surface area contributed by atoms with Gasteiger partial charge < -0.3 is 25.5 Å². The monoisotopic (exact) mass is 728 g/mol. The Morgan fingerprint density at radius 2 is 1.78 bits per heavy atom. The molecular formula is C40H64N4O6S. The zero-order chi connectivity index (χ0) is 37.8. The highest BCUT2D eigenvalue weighted by Crippen LogP contribution is 2.47. The molecule has 1 amide bonds. The van der Waals surface area contributed by atoms with Crippen molar-refractivity contribution in [3.8, 4) is 0 Å². The second kappa shape index (κ2) is 17.6. The fraction of sp³-hybridized carbons (Fsp3) is 0.700. The van der Waals surface area contributed by atoms with Gasteiger partial charge in [0.2, 0.25) is 5.91 Å². The van der Waals surface area contributed by atoms with Gasteiger partial charge in [0.1, 0.15) is 12.1 Å². The number of hydrogen-bond donors (Lipinski definition) is 4. The normalized spacial score (nSPS) is 28.0. The summed E-state index contributed by atoms with van der Waals surface area (Å²) in [7, 11) is 4.14. The van der Waals surface area contributed by atoms with Crippen LogP contribution >= 0.6 is 11.3 Å². The van der Waals surface area contributed by atoms with Crippen molar-refractivity contribution in [2.24, 2.45) is 35.0 Å². The molecule has 1 aliphatic heterocycles. The lowest BCUT2D eigenvalue weighted by atomic mass is 9.58. The SMILES string of the molecule is CC(C)C[C@@H](CN(C)C)N(Cc1cccc(CN2O[C@@H](CO)[C@@H]([C@H](C)O)[C@H]2C(=O)N[C@H]2C[C@@H](C)C(C)(C)[C@@H](C)[C@@H]2C)c1)Cc1sccc1C(=O)O. The van der Waals surface area contributed by atoms with E-state index in [1.54, 1.807) is 18.1 Å². The van der Waals surface area contributed by atoms with Crippen LogP contribution in [0.25, 0.3) is 0 Å². The Hall–Kier alpha value is -2.38. The van der Waals surface area contributed by atoms with E-state index in [9.17, 15) is 24.9 Å². The van der Waals surface area contributed by atoms with Gasteiger partial charge in [0, 0.05) is 42.5 Å². The van der Waals surface area contributed by atoms with Gasteiger partial charge in [-0.3, -0.25) is 14.5 Å². The van der Waals surface area contributed by atoms with E-state index >= 15 is 0 Å². The van der Waals surface area contributed by atoms with Crippen LogP contribution in [0.2, 0.25) is 0 Å². The third-order valence-electron chi connectivity index (χ3n) is 12.1. The molecule has 4 rings (SSSR count). The van der Waals surface area contributed by atoms with Crippen LogP contribution in [-0.4, -0.2) is 99.6 Å². The first-order valence-electron chi connectivity index (χ1n) is 18.7. The lowest BCUT2D eigenvalue weighted by molar-refractivity contribution is -0.182. The lowest BCUT2D eigenvalue weighted by Gasteiger charge is -2.50. The number of aliphatic hydroxyl groups is 2. The van der Waals surface area contributed by atoms with Crippen molar-refractivity contribution in [3.63, 3.8) is 0 Å². The van der Waals surface area contributed by atoms with Gasteiger partial charge in [0.15, 0.2) is 0 Å². The molecule has 10 nitrogen and oxygen atoms in total. The third-order valence-corrected chi connectivity index (χ3v) is 13.0. The zero-order valence-corrected chi connectivity index (χ0v) is 33.3. The molecule has 2 aliphatic rings. The molecule has 2 fully saturated rings. The molecule has 1 aromatic heterocycles. The Morgan fingerprint density at radius 3 is 2.39 bits per heavy atom. The first-order valence-corrected chi connectivity index (χ1v) is 19.6. The summed E-state index contributed by atoms with van der Waals surface area (Å²) in [6.07, 6.45) is 0.259. The van der Waals surface area contributed by atoms with Gasteiger partial charge in [-0.15, -0.1) is 11.3 Å². The Balaban J connectivity index is 1.60. The maximum absolute atomic E-state index is 14.2. The van der Waals surface area contributed by atoms with Crippen LogP contribution in [0.4, 0.5) is 0 Å². The molecule has 0 spiro atoms. The highest BCUT2D eigenvalue weighted by Gasteiger charge is 2.51. The number of thiophene rings is 1. The lowest BCUT2D eigenvalue weighted by Crippen LogP contribution is -2.56. The van der Waals surface area contributed by atoms with Gasteiger partial charge >= 0.3 is 5.97 Å². The quantitative estimate of drug-likeness (QED) is 0.172. The van der Waals surface area contributed by atoms with Crippen LogP contribution in [0.1, 0.15) is 94.6 Å². The number of aromatic carboxylic acids is 1. The first kappa shape index (κ1) is 41.4. The largest absolute Gasteiger partial charge is 0.478 e. The number of hydroxylamine groups is 2. The molecule has 286 valence electrons. The molecule has 1 saturated heterocycles. The van der Waals surface area contributed by atoms with Gasteiger partial charge in [0.05, 0.1) is 24.8 Å². The smallest absolute Gasteiger partial charge is 0.336 e. The van der Waals surface area contributed by atoms with Crippen LogP contribution < -0.4 is 5.32 Å². The molecule has 0 unspecified atom stereocenters. The third kappa shape index (κ3) is 9.99. The maximum atomic E-state index is 14.2. The molecule has 1 aliphatic carbocycles. The van der Waals surface area contributed by atoms with Crippen molar-refractivity contribution in [3.05, 3.63) is 57.3 Å². The van der Waals surface area contributed by atoms with E-state index in [0.717, 1.165) is 35.4 Å². The average molecular weight is 729 g/mol. The summed E-state index contributed by atoms with van der Waals surface area (Å²) >= 11 is 1.48. The van der Waals surface area contributed by atoms with Gasteiger partial charge in [-0.25, -0.2) is 4.79 Å². The number of nitrogens with one attached hydrogen (secondary N) is 1. The number of carboxylic acids is 1. The van der Waals surface area contributed by atoms with Gasteiger partial charge in [-0.2, -0.15) is 5.06 Å². The van der Waals surface area contributed by atoms with E-state index in [1.807, 2.05) is 17.5 Å². The van der Waals surface area contributed by atoms with Crippen molar-refractivity contribution < 1.29 is 29.7 Å². The summed E-state index contributed by atoms with van der Waals surface area (Å²) in [6, 6.07) is 9.33. The van der Waals surface area contributed by atoms with E-state index in [2.05, 4.69) is 89.8 Å². The van der Waals surface area contributed by atoms with Crippen LogP contribution in [0, 0.1) is 35.0 Å². The van der Waals surface area contributed by atoms with E-state index in [-0.39, 0.29) is 35.9 Å². The molecule has 1 aromatic carbocycles. The van der Waals surface area contributed by atoms with Crippen molar-refractivity contribution in [2.45, 2.75) is 118 Å². The van der Waals surface area contributed by atoms with Crippen LogP contribution in [0.5, 0.6) is 0 Å². The second-order valence-corrected chi connectivity index (χ2v) is 17.7. The fourth-order valence-electron chi connectivity index (χ4n) is 8.41. The van der Waals surface area contributed by atoms with E-state index in [1.165, 1.54) is 11.3 Å². The zero-order valence-electron chi connectivity index (χ0n) is 32.5. The molecule has 9 atom stereocenters. The number of carbonyl (C=O) groups is 2. The number of nitrogens with zero attached hydrogens (tertiary/aromatic N) is 3. The van der Waals surface area contributed by atoms with Gasteiger partial charge in [0.25, 0.3) is 0 Å². The average Bonchev–Trinajstić information content (AvgIpc) is 3.67. The van der Waals surface area contributed by atoms with E-state index in [4.69, 9.17) is 4.84 Å². The Morgan fingerprint density at radius 1 is 1.10 bits per heavy atom. The molecule has 51 heavy (non-hydrogen) atoms. The highest BCUT2D eigenvalue weighted by atomic mass is 32.1. The second-order valence-electron chi connectivity index (χ2n) is 16.7. The number of benzene rings is 1. The number of aliphatic hydroxyl groups excluding tert-OH is 2. The molecular weight excluding hydrogens is 665 g/mol. The number of likely N-dealkylation sites (N-methyl/N-ethyl adjacent to an activating group) is 1. The van der Waals surface area contributed by atoms with Gasteiger partial charge in [-0.05, 0) is 85.5 Å². The summed E-state index contributed by atoms with van der Waals surface area (Å²) in [5.74, 6) is -0.113. The molecule has 0 radical (unpaired) electrons. The molecule has 2 aromatic rings. The van der Waals surface area contributed by atoms with Crippen molar-refractivity contribution >= 4 is 23.2 Å². The predicted molar refractivity (Wildman–Crippen MR) is 203 cm³/mol. The highest BCUT2D eigenvalue weighted by molar-refractivity contribution is 7.10.